The van der Waals surface area contributed by atoms with Crippen molar-refractivity contribution in [2.45, 2.75) is 19.0 Å². The summed E-state index contributed by atoms with van der Waals surface area (Å²) >= 11 is 0. The Hall–Kier alpha value is -3.35. The lowest BCUT2D eigenvalue weighted by atomic mass is 10.1. The van der Waals surface area contributed by atoms with Gasteiger partial charge in [0, 0.05) is 12.5 Å². The average molecular weight is 337 g/mol. The third-order valence-electron chi connectivity index (χ3n) is 4.03. The molecule has 126 valence electrons. The van der Waals surface area contributed by atoms with Crippen LogP contribution in [0.2, 0.25) is 0 Å². The minimum Gasteiger partial charge on any atom is -0.461 e. The number of benzene rings is 1. The predicted octanol–water partition coefficient (Wildman–Crippen LogP) is 2.60. The zero-order valence-corrected chi connectivity index (χ0v) is 13.2. The number of carbonyl (C=O) groups is 2. The Morgan fingerprint density at radius 1 is 1.08 bits per heavy atom. The number of amides is 3. The van der Waals surface area contributed by atoms with E-state index in [2.05, 4.69) is 10.5 Å². The van der Waals surface area contributed by atoms with Crippen molar-refractivity contribution in [3.05, 3.63) is 66.1 Å². The van der Waals surface area contributed by atoms with Gasteiger partial charge in [0.15, 0.2) is 5.76 Å². The molecule has 1 atom stereocenters. The summed E-state index contributed by atoms with van der Waals surface area (Å²) in [5.41, 5.74) is 1.47. The van der Waals surface area contributed by atoms with E-state index >= 15 is 0 Å². The van der Waals surface area contributed by atoms with Crippen molar-refractivity contribution in [3.63, 3.8) is 0 Å². The van der Waals surface area contributed by atoms with Crippen LogP contribution in [0.15, 0.2) is 63.7 Å². The van der Waals surface area contributed by atoms with Crippen molar-refractivity contribution in [1.29, 1.82) is 0 Å². The first-order valence-corrected chi connectivity index (χ1v) is 7.86. The van der Waals surface area contributed by atoms with Crippen LogP contribution in [-0.2, 0) is 17.8 Å². The van der Waals surface area contributed by atoms with Gasteiger partial charge >= 0.3 is 6.03 Å². The average Bonchev–Trinajstić information content (AvgIpc) is 3.34. The lowest BCUT2D eigenvalue weighted by Crippen LogP contribution is -2.32. The number of imide groups is 1. The number of urea groups is 1. The van der Waals surface area contributed by atoms with Crippen LogP contribution >= 0.6 is 0 Å². The van der Waals surface area contributed by atoms with Crippen molar-refractivity contribution in [2.24, 2.45) is 0 Å². The van der Waals surface area contributed by atoms with Gasteiger partial charge in [0.2, 0.25) is 5.76 Å². The fourth-order valence-electron chi connectivity index (χ4n) is 2.80. The highest BCUT2D eigenvalue weighted by Gasteiger charge is 2.38. The second-order valence-corrected chi connectivity index (χ2v) is 5.78. The zero-order chi connectivity index (χ0) is 17.2. The Bertz CT molecular complexity index is 886. The summed E-state index contributed by atoms with van der Waals surface area (Å²) < 4.78 is 10.4. The molecule has 0 bridgehead atoms. The molecule has 3 heterocycles. The number of furan rings is 1. The second kappa shape index (κ2) is 6.27. The monoisotopic (exact) mass is 337 g/mol. The first kappa shape index (κ1) is 15.2. The maximum atomic E-state index is 12.5. The number of hydrogen-bond donors (Lipinski definition) is 1. The van der Waals surface area contributed by atoms with Crippen LogP contribution in [0.4, 0.5) is 4.79 Å². The van der Waals surface area contributed by atoms with E-state index in [-0.39, 0.29) is 12.5 Å². The molecule has 1 fully saturated rings. The maximum absolute atomic E-state index is 12.5. The summed E-state index contributed by atoms with van der Waals surface area (Å²) in [6.07, 6.45) is 1.99. The fraction of sp³-hybridized carbons (Fsp3) is 0.167. The van der Waals surface area contributed by atoms with Crippen LogP contribution in [0.25, 0.3) is 11.5 Å². The molecule has 1 aliphatic rings. The van der Waals surface area contributed by atoms with E-state index in [1.165, 1.54) is 6.26 Å². The van der Waals surface area contributed by atoms with Gasteiger partial charge in [-0.3, -0.25) is 9.69 Å². The molecule has 0 saturated carbocycles. The van der Waals surface area contributed by atoms with E-state index in [0.29, 0.717) is 23.6 Å². The van der Waals surface area contributed by atoms with E-state index in [9.17, 15) is 9.59 Å². The van der Waals surface area contributed by atoms with Crippen molar-refractivity contribution in [1.82, 2.24) is 15.4 Å². The highest BCUT2D eigenvalue weighted by atomic mass is 16.5. The summed E-state index contributed by atoms with van der Waals surface area (Å²) in [4.78, 5) is 25.8. The zero-order valence-electron chi connectivity index (χ0n) is 13.2. The minimum absolute atomic E-state index is 0.0557. The maximum Gasteiger partial charge on any atom is 0.325 e. The third-order valence-corrected chi connectivity index (χ3v) is 4.03. The molecule has 0 spiro atoms. The first-order valence-electron chi connectivity index (χ1n) is 7.86. The molecule has 25 heavy (non-hydrogen) atoms. The van der Waals surface area contributed by atoms with Gasteiger partial charge < -0.3 is 14.3 Å². The normalized spacial score (nSPS) is 17.1. The van der Waals surface area contributed by atoms with E-state index in [1.807, 2.05) is 30.3 Å². The molecule has 0 aliphatic carbocycles. The van der Waals surface area contributed by atoms with Gasteiger partial charge in [-0.25, -0.2) is 4.79 Å². The SMILES string of the molecule is O=C1N[C@@H](Cc2ccccc2)C(=O)N1Cc1cc(-c2ccco2)on1. The Labute approximate surface area is 143 Å². The van der Waals surface area contributed by atoms with E-state index in [1.54, 1.807) is 18.2 Å². The summed E-state index contributed by atoms with van der Waals surface area (Å²) in [5, 5.41) is 6.62. The molecule has 0 unspecified atom stereocenters. The van der Waals surface area contributed by atoms with Crippen LogP contribution in [0.3, 0.4) is 0 Å². The molecular formula is C18H15N3O4. The lowest BCUT2D eigenvalue weighted by Gasteiger charge is -2.11. The van der Waals surface area contributed by atoms with Crippen molar-refractivity contribution in [2.75, 3.05) is 0 Å². The molecule has 1 N–H and O–H groups in total. The standard InChI is InChI=1S/C18H15N3O4/c22-17-14(9-12-5-2-1-3-6-12)19-18(23)21(17)11-13-10-16(25-20-13)15-7-4-8-24-15/h1-8,10,14H,9,11H2,(H,19,23)/t14-/m0/s1. The van der Waals surface area contributed by atoms with Crippen molar-refractivity contribution >= 4 is 11.9 Å². The lowest BCUT2D eigenvalue weighted by molar-refractivity contribution is -0.127. The topological polar surface area (TPSA) is 88.6 Å². The van der Waals surface area contributed by atoms with Gasteiger partial charge in [0.05, 0.1) is 12.8 Å². The quantitative estimate of drug-likeness (QED) is 0.723. The number of nitrogens with zero attached hydrogens (tertiary/aromatic N) is 2. The highest BCUT2D eigenvalue weighted by Crippen LogP contribution is 2.22. The molecular weight excluding hydrogens is 322 g/mol. The molecule has 3 amide bonds. The second-order valence-electron chi connectivity index (χ2n) is 5.78. The molecule has 7 nitrogen and oxygen atoms in total. The molecule has 3 aromatic rings. The van der Waals surface area contributed by atoms with Crippen LogP contribution in [-0.4, -0.2) is 28.0 Å². The van der Waals surface area contributed by atoms with E-state index in [4.69, 9.17) is 8.94 Å². The van der Waals surface area contributed by atoms with Gasteiger partial charge in [-0.05, 0) is 17.7 Å². The van der Waals surface area contributed by atoms with E-state index < -0.39 is 12.1 Å². The Morgan fingerprint density at radius 2 is 1.92 bits per heavy atom. The largest absolute Gasteiger partial charge is 0.461 e. The van der Waals surface area contributed by atoms with Crippen molar-refractivity contribution < 1.29 is 18.5 Å². The molecule has 1 aliphatic heterocycles. The molecule has 0 radical (unpaired) electrons. The van der Waals surface area contributed by atoms with Crippen LogP contribution < -0.4 is 5.32 Å². The van der Waals surface area contributed by atoms with Gasteiger partial charge in [-0.2, -0.15) is 0 Å². The third kappa shape index (κ3) is 3.03. The number of carbonyl (C=O) groups excluding carboxylic acids is 2. The van der Waals surface area contributed by atoms with Crippen LogP contribution in [0.1, 0.15) is 11.3 Å². The molecule has 1 saturated heterocycles. The van der Waals surface area contributed by atoms with E-state index in [0.717, 1.165) is 10.5 Å². The van der Waals surface area contributed by atoms with Gasteiger partial charge in [-0.1, -0.05) is 35.5 Å². The molecule has 2 aromatic heterocycles. The summed E-state index contributed by atoms with van der Waals surface area (Å²) in [6.45, 7) is 0.0557. The number of nitrogens with one attached hydrogen (secondary N) is 1. The van der Waals surface area contributed by atoms with Gasteiger partial charge in [0.1, 0.15) is 11.7 Å². The predicted molar refractivity (Wildman–Crippen MR) is 87.2 cm³/mol. The highest BCUT2D eigenvalue weighted by molar-refractivity contribution is 6.04. The summed E-state index contributed by atoms with van der Waals surface area (Å²) in [5.74, 6) is 0.724. The van der Waals surface area contributed by atoms with Gasteiger partial charge in [-0.15, -0.1) is 0 Å². The van der Waals surface area contributed by atoms with Crippen LogP contribution in [0, 0.1) is 0 Å². The van der Waals surface area contributed by atoms with Crippen LogP contribution in [0.5, 0.6) is 0 Å². The molecule has 7 heteroatoms. The Kier molecular flexibility index (Phi) is 3.81. The minimum atomic E-state index is -0.564. The van der Waals surface area contributed by atoms with Crippen molar-refractivity contribution in [3.8, 4) is 11.5 Å². The molecule has 4 rings (SSSR count). The van der Waals surface area contributed by atoms with Gasteiger partial charge in [0.25, 0.3) is 5.91 Å². The number of hydrogen-bond acceptors (Lipinski definition) is 5. The first-order chi connectivity index (χ1) is 12.2. The summed E-state index contributed by atoms with van der Waals surface area (Å²) in [7, 11) is 0. The Morgan fingerprint density at radius 3 is 2.68 bits per heavy atom. The molecule has 1 aromatic carbocycles. The number of rotatable bonds is 5. The smallest absolute Gasteiger partial charge is 0.325 e. The fourth-order valence-corrected chi connectivity index (χ4v) is 2.80. The number of aromatic nitrogens is 1. The Balaban J connectivity index is 1.46. The summed E-state index contributed by atoms with van der Waals surface area (Å²) in [6, 6.07) is 13.7.